The molecular weight excluding hydrogens is 477 g/mol. The molecule has 0 aliphatic carbocycles. The van der Waals surface area contributed by atoms with Crippen molar-refractivity contribution < 1.29 is 14.2 Å². The topological polar surface area (TPSA) is 76.6 Å². The van der Waals surface area contributed by atoms with E-state index in [-0.39, 0.29) is 16.9 Å². The summed E-state index contributed by atoms with van der Waals surface area (Å²) in [7, 11) is 3.75. The Morgan fingerprint density at radius 1 is 1.22 bits per heavy atom. The second-order valence-corrected chi connectivity index (χ2v) is 10.6. The summed E-state index contributed by atoms with van der Waals surface area (Å²) in [6.07, 6.45) is 3.61. The number of hydrogen-bond acceptors (Lipinski definition) is 6. The first kappa shape index (κ1) is 26.2. The van der Waals surface area contributed by atoms with Crippen molar-refractivity contribution in [2.75, 3.05) is 13.7 Å². The highest BCUT2D eigenvalue weighted by Gasteiger charge is 2.30. The highest BCUT2D eigenvalue weighted by Crippen LogP contribution is 2.38. The SMILES string of the molecule is CNCc1cnc2ccc(-c3ccc(F)c(S)c3OCCc3c(C(O)C(C)(C)C)nn(C)c3C)cn12. The molecule has 9 heteroatoms. The van der Waals surface area contributed by atoms with Crippen molar-refractivity contribution in [3.05, 3.63) is 65.1 Å². The molecule has 2 N–H and O–H groups in total. The molecule has 0 aliphatic heterocycles. The van der Waals surface area contributed by atoms with Crippen LogP contribution in [-0.2, 0) is 20.0 Å². The van der Waals surface area contributed by atoms with Gasteiger partial charge in [0.15, 0.2) is 0 Å². The predicted octanol–water partition coefficient (Wildman–Crippen LogP) is 4.89. The zero-order valence-electron chi connectivity index (χ0n) is 21.6. The van der Waals surface area contributed by atoms with Crippen LogP contribution in [0.4, 0.5) is 4.39 Å². The highest BCUT2D eigenvalue weighted by molar-refractivity contribution is 7.80. The highest BCUT2D eigenvalue weighted by atomic mass is 32.1. The van der Waals surface area contributed by atoms with Gasteiger partial charge in [-0.15, -0.1) is 12.6 Å². The Morgan fingerprint density at radius 2 is 1.97 bits per heavy atom. The number of aromatic nitrogens is 4. The fourth-order valence-corrected chi connectivity index (χ4v) is 4.55. The number of aliphatic hydroxyl groups excluding tert-OH is 1. The molecule has 4 aromatic rings. The maximum absolute atomic E-state index is 14.5. The standard InChI is InChI=1S/C27H34FN5O2S/c1-16-19(23(31-32(16)6)26(34)27(2,3)4)11-12-35-24-20(8-9-21(28)25(24)36)17-7-10-22-30-14-18(13-29-5)33(22)15-17/h7-10,14-15,26,29,34,36H,11-13H2,1-6H3. The molecule has 1 atom stereocenters. The van der Waals surface area contributed by atoms with Crippen molar-refractivity contribution in [1.29, 1.82) is 0 Å². The van der Waals surface area contributed by atoms with Gasteiger partial charge in [-0.2, -0.15) is 5.10 Å². The molecular formula is C27H34FN5O2S. The molecule has 1 aromatic carbocycles. The number of rotatable bonds is 8. The van der Waals surface area contributed by atoms with Gasteiger partial charge in [0.1, 0.15) is 23.3 Å². The molecule has 0 radical (unpaired) electrons. The normalized spacial score (nSPS) is 12.9. The van der Waals surface area contributed by atoms with E-state index in [1.54, 1.807) is 10.7 Å². The molecule has 1 unspecified atom stereocenters. The average molecular weight is 512 g/mol. The van der Waals surface area contributed by atoms with Gasteiger partial charge in [-0.25, -0.2) is 9.37 Å². The van der Waals surface area contributed by atoms with Crippen molar-refractivity contribution >= 4 is 18.3 Å². The first-order chi connectivity index (χ1) is 17.0. The number of ether oxygens (including phenoxy) is 1. The second kappa shape index (κ2) is 10.2. The number of nitrogens with one attached hydrogen (secondary N) is 1. The van der Waals surface area contributed by atoms with E-state index in [4.69, 9.17) is 4.74 Å². The summed E-state index contributed by atoms with van der Waals surface area (Å²) in [5.74, 6) is -0.0644. The first-order valence-electron chi connectivity index (χ1n) is 12.0. The number of aliphatic hydroxyl groups is 1. The van der Waals surface area contributed by atoms with Crippen LogP contribution in [0.25, 0.3) is 16.8 Å². The number of thiol groups is 1. The van der Waals surface area contributed by atoms with Crippen LogP contribution in [0, 0.1) is 18.2 Å². The van der Waals surface area contributed by atoms with E-state index in [9.17, 15) is 9.50 Å². The van der Waals surface area contributed by atoms with Gasteiger partial charge in [-0.3, -0.25) is 4.68 Å². The van der Waals surface area contributed by atoms with Crippen LogP contribution in [0.3, 0.4) is 0 Å². The molecule has 0 bridgehead atoms. The number of aryl methyl sites for hydroxylation is 1. The van der Waals surface area contributed by atoms with Crippen molar-refractivity contribution in [2.24, 2.45) is 12.5 Å². The van der Waals surface area contributed by atoms with Gasteiger partial charge in [-0.1, -0.05) is 20.8 Å². The van der Waals surface area contributed by atoms with Gasteiger partial charge in [0.25, 0.3) is 0 Å². The van der Waals surface area contributed by atoms with Crippen molar-refractivity contribution in [3.8, 4) is 16.9 Å². The summed E-state index contributed by atoms with van der Waals surface area (Å²) >= 11 is 4.44. The van der Waals surface area contributed by atoms with Crippen LogP contribution < -0.4 is 10.1 Å². The minimum atomic E-state index is -0.716. The number of fused-ring (bicyclic) bond motifs is 1. The van der Waals surface area contributed by atoms with Gasteiger partial charge in [0.05, 0.1) is 29.1 Å². The zero-order valence-corrected chi connectivity index (χ0v) is 22.5. The Balaban J connectivity index is 1.65. The molecule has 0 amide bonds. The Labute approximate surface area is 216 Å². The van der Waals surface area contributed by atoms with Crippen molar-refractivity contribution in [2.45, 2.75) is 51.7 Å². The third-order valence-electron chi connectivity index (χ3n) is 6.50. The monoisotopic (exact) mass is 511 g/mol. The van der Waals surface area contributed by atoms with Crippen LogP contribution in [0.2, 0.25) is 0 Å². The Bertz CT molecular complexity index is 1390. The maximum Gasteiger partial charge on any atom is 0.143 e. The fourth-order valence-electron chi connectivity index (χ4n) is 4.29. The van der Waals surface area contributed by atoms with E-state index in [0.717, 1.165) is 33.7 Å². The third kappa shape index (κ3) is 5.00. The molecule has 192 valence electrons. The zero-order chi connectivity index (χ0) is 26.2. The summed E-state index contributed by atoms with van der Waals surface area (Å²) in [6, 6.07) is 6.99. The molecule has 3 aromatic heterocycles. The number of nitrogens with zero attached hydrogens (tertiary/aromatic N) is 4. The van der Waals surface area contributed by atoms with Crippen LogP contribution in [0.15, 0.2) is 41.6 Å². The first-order valence-corrected chi connectivity index (χ1v) is 12.4. The number of benzene rings is 1. The quantitative estimate of drug-likeness (QED) is 0.294. The van der Waals surface area contributed by atoms with Gasteiger partial charge in [-0.05, 0) is 43.7 Å². The number of imidazole rings is 1. The lowest BCUT2D eigenvalue weighted by molar-refractivity contribution is 0.0575. The number of halogens is 1. The van der Waals surface area contributed by atoms with Crippen LogP contribution in [0.5, 0.6) is 5.75 Å². The minimum Gasteiger partial charge on any atom is -0.491 e. The summed E-state index contributed by atoms with van der Waals surface area (Å²) in [6.45, 7) is 8.86. The van der Waals surface area contributed by atoms with E-state index in [1.807, 2.05) is 70.7 Å². The number of pyridine rings is 1. The molecule has 4 rings (SSSR count). The molecule has 36 heavy (non-hydrogen) atoms. The van der Waals surface area contributed by atoms with Gasteiger partial charge >= 0.3 is 0 Å². The lowest BCUT2D eigenvalue weighted by Gasteiger charge is -2.25. The Kier molecular flexibility index (Phi) is 7.45. The van der Waals surface area contributed by atoms with E-state index in [0.29, 0.717) is 24.4 Å². The maximum atomic E-state index is 14.5. The van der Waals surface area contributed by atoms with E-state index in [1.165, 1.54) is 6.07 Å². The largest absolute Gasteiger partial charge is 0.491 e. The number of hydrogen-bond donors (Lipinski definition) is 3. The van der Waals surface area contributed by atoms with Crippen molar-refractivity contribution in [3.63, 3.8) is 0 Å². The Morgan fingerprint density at radius 3 is 2.67 bits per heavy atom. The lowest BCUT2D eigenvalue weighted by Crippen LogP contribution is -2.20. The summed E-state index contributed by atoms with van der Waals surface area (Å²) in [5, 5.41) is 18.6. The second-order valence-electron chi connectivity index (χ2n) is 10.1. The smallest absolute Gasteiger partial charge is 0.143 e. The molecule has 0 spiro atoms. The summed E-state index contributed by atoms with van der Waals surface area (Å²) < 4.78 is 24.5. The summed E-state index contributed by atoms with van der Waals surface area (Å²) in [5.41, 5.74) is 5.65. The fraction of sp³-hybridized carbons (Fsp3) is 0.407. The van der Waals surface area contributed by atoms with Gasteiger partial charge in [0.2, 0.25) is 0 Å². The van der Waals surface area contributed by atoms with Crippen molar-refractivity contribution in [1.82, 2.24) is 24.5 Å². The average Bonchev–Trinajstić information content (AvgIpc) is 3.36. The summed E-state index contributed by atoms with van der Waals surface area (Å²) in [4.78, 5) is 4.61. The van der Waals surface area contributed by atoms with Gasteiger partial charge < -0.3 is 19.6 Å². The van der Waals surface area contributed by atoms with Crippen LogP contribution in [-0.4, -0.2) is 37.9 Å². The molecule has 3 heterocycles. The molecule has 0 saturated carbocycles. The Hall–Kier alpha value is -2.88. The minimum absolute atomic E-state index is 0.159. The van der Waals surface area contributed by atoms with E-state index < -0.39 is 11.9 Å². The molecule has 0 saturated heterocycles. The third-order valence-corrected chi connectivity index (χ3v) is 6.92. The van der Waals surface area contributed by atoms with Crippen LogP contribution >= 0.6 is 12.6 Å². The van der Waals surface area contributed by atoms with Crippen LogP contribution in [0.1, 0.15) is 49.5 Å². The predicted molar refractivity (Wildman–Crippen MR) is 142 cm³/mol. The van der Waals surface area contributed by atoms with E-state index in [2.05, 4.69) is 28.0 Å². The molecule has 0 aliphatic rings. The molecule has 0 fully saturated rings. The lowest BCUT2D eigenvalue weighted by atomic mass is 9.85. The van der Waals surface area contributed by atoms with E-state index >= 15 is 0 Å². The molecule has 7 nitrogen and oxygen atoms in total. The van der Waals surface area contributed by atoms with Gasteiger partial charge in [0, 0.05) is 48.6 Å².